The fraction of sp³-hybridized carbons (Fsp3) is 0.133. The van der Waals surface area contributed by atoms with Crippen LogP contribution in [-0.4, -0.2) is 27.0 Å². The maximum Gasteiger partial charge on any atom is 0.573 e. The first kappa shape index (κ1) is 25.8. The normalized spacial score (nSPS) is 11.5. The van der Waals surface area contributed by atoms with Crippen molar-refractivity contribution in [1.82, 2.24) is 9.55 Å². The molecule has 9 heteroatoms. The molecule has 5 aromatic rings. The van der Waals surface area contributed by atoms with Gasteiger partial charge in [0.1, 0.15) is 23.9 Å². The second-order valence-corrected chi connectivity index (χ2v) is 8.87. The number of rotatable bonds is 9. The van der Waals surface area contributed by atoms with Crippen LogP contribution in [0.15, 0.2) is 97.1 Å². The summed E-state index contributed by atoms with van der Waals surface area (Å²) in [4.78, 5) is 15.7. The minimum absolute atomic E-state index is 0.0384. The number of aromatic nitrogens is 2. The summed E-state index contributed by atoms with van der Waals surface area (Å²) in [7, 11) is 0. The molecule has 0 radical (unpaired) electrons. The maximum atomic E-state index is 12.6. The summed E-state index contributed by atoms with van der Waals surface area (Å²) in [5.74, 6) is 0.0805. The molecule has 1 heterocycles. The number of para-hydroxylation sites is 3. The molecule has 6 nitrogen and oxygen atoms in total. The average Bonchev–Trinajstić information content (AvgIpc) is 3.26. The Hall–Kier alpha value is -4.79. The second kappa shape index (κ2) is 10.9. The van der Waals surface area contributed by atoms with Gasteiger partial charge in [-0.05, 0) is 53.6 Å². The van der Waals surface area contributed by atoms with Gasteiger partial charge >= 0.3 is 12.3 Å². The Kier molecular flexibility index (Phi) is 7.23. The molecule has 0 amide bonds. The summed E-state index contributed by atoms with van der Waals surface area (Å²) in [6.45, 7) is 0.701. The van der Waals surface area contributed by atoms with Gasteiger partial charge in [0, 0.05) is 11.1 Å². The molecule has 0 saturated heterocycles. The number of aliphatic carboxylic acids is 1. The van der Waals surface area contributed by atoms with Gasteiger partial charge in [0.2, 0.25) is 0 Å². The Morgan fingerprint density at radius 2 is 1.51 bits per heavy atom. The average molecular weight is 533 g/mol. The lowest BCUT2D eigenvalue weighted by Gasteiger charge is -2.15. The Morgan fingerprint density at radius 3 is 2.23 bits per heavy atom. The van der Waals surface area contributed by atoms with Crippen LogP contribution in [-0.2, 0) is 24.4 Å². The van der Waals surface area contributed by atoms with Crippen LogP contribution >= 0.6 is 0 Å². The molecule has 1 aromatic heterocycles. The molecular weight excluding hydrogens is 509 g/mol. The number of carboxylic acids is 1. The SMILES string of the molecule is O=C(O)Cc1ccc(COc2ccccc2Cn2c(-c3ccc(OC(F)(F)F)cc3)nc3ccccc32)cc1. The van der Waals surface area contributed by atoms with E-state index in [4.69, 9.17) is 14.8 Å². The number of carbonyl (C=O) groups is 1. The zero-order valence-electron chi connectivity index (χ0n) is 20.6. The van der Waals surface area contributed by atoms with Crippen molar-refractivity contribution in [3.05, 3.63) is 114 Å². The van der Waals surface area contributed by atoms with Crippen LogP contribution in [0.5, 0.6) is 11.5 Å². The summed E-state index contributed by atoms with van der Waals surface area (Å²) in [6, 6.07) is 28.1. The van der Waals surface area contributed by atoms with Gasteiger partial charge < -0.3 is 19.1 Å². The topological polar surface area (TPSA) is 73.6 Å². The number of imidazole rings is 1. The molecule has 0 aliphatic carbocycles. The predicted octanol–water partition coefficient (Wildman–Crippen LogP) is 6.86. The van der Waals surface area contributed by atoms with E-state index in [1.165, 1.54) is 12.1 Å². The van der Waals surface area contributed by atoms with Gasteiger partial charge in [0.05, 0.1) is 24.0 Å². The lowest BCUT2D eigenvalue weighted by molar-refractivity contribution is -0.274. The minimum atomic E-state index is -4.76. The number of ether oxygens (including phenoxy) is 2. The van der Waals surface area contributed by atoms with Gasteiger partial charge in [-0.1, -0.05) is 54.6 Å². The number of carboxylic acid groups (broad SMARTS) is 1. The number of fused-ring (bicyclic) bond motifs is 1. The first-order chi connectivity index (χ1) is 18.7. The van der Waals surface area contributed by atoms with Crippen LogP contribution < -0.4 is 9.47 Å². The number of hydrogen-bond donors (Lipinski definition) is 1. The Morgan fingerprint density at radius 1 is 0.846 bits per heavy atom. The molecule has 1 N–H and O–H groups in total. The molecule has 0 unspecified atom stereocenters. The zero-order chi connectivity index (χ0) is 27.4. The molecule has 0 bridgehead atoms. The zero-order valence-corrected chi connectivity index (χ0v) is 20.6. The van der Waals surface area contributed by atoms with Crippen molar-refractivity contribution >= 4 is 17.0 Å². The third-order valence-corrected chi connectivity index (χ3v) is 6.07. The van der Waals surface area contributed by atoms with Gasteiger partial charge in [-0.2, -0.15) is 0 Å². The fourth-order valence-electron chi connectivity index (χ4n) is 4.30. The van der Waals surface area contributed by atoms with Gasteiger partial charge in [-0.25, -0.2) is 4.98 Å². The highest BCUT2D eigenvalue weighted by atomic mass is 19.4. The van der Waals surface area contributed by atoms with E-state index in [1.807, 2.05) is 65.2 Å². The van der Waals surface area contributed by atoms with Crippen molar-refractivity contribution in [3.63, 3.8) is 0 Å². The summed E-state index contributed by atoms with van der Waals surface area (Å²) in [5.41, 5.74) is 4.76. The van der Waals surface area contributed by atoms with Crippen molar-refractivity contribution in [2.45, 2.75) is 25.9 Å². The van der Waals surface area contributed by atoms with Gasteiger partial charge in [-0.15, -0.1) is 13.2 Å². The van der Waals surface area contributed by atoms with Crippen molar-refractivity contribution in [2.24, 2.45) is 0 Å². The molecule has 5 rings (SSSR count). The lowest BCUT2D eigenvalue weighted by atomic mass is 10.1. The number of nitrogens with zero attached hydrogens (tertiary/aromatic N) is 2. The van der Waals surface area contributed by atoms with Crippen molar-refractivity contribution in [2.75, 3.05) is 0 Å². The summed E-state index contributed by atoms with van der Waals surface area (Å²) >= 11 is 0. The molecule has 198 valence electrons. The number of alkyl halides is 3. The van der Waals surface area contributed by atoms with E-state index in [0.717, 1.165) is 22.2 Å². The molecule has 39 heavy (non-hydrogen) atoms. The molecule has 0 spiro atoms. The Balaban J connectivity index is 1.41. The van der Waals surface area contributed by atoms with Gasteiger partial charge in [0.15, 0.2) is 0 Å². The number of hydrogen-bond acceptors (Lipinski definition) is 4. The smallest absolute Gasteiger partial charge is 0.489 e. The summed E-state index contributed by atoms with van der Waals surface area (Å²) in [5, 5.41) is 8.96. The minimum Gasteiger partial charge on any atom is -0.489 e. The monoisotopic (exact) mass is 532 g/mol. The predicted molar refractivity (Wildman–Crippen MR) is 140 cm³/mol. The quantitative estimate of drug-likeness (QED) is 0.225. The number of benzene rings is 4. The molecular formula is C30H23F3N2O4. The van der Waals surface area contributed by atoms with Gasteiger partial charge in [0.25, 0.3) is 0 Å². The van der Waals surface area contributed by atoms with Crippen LogP contribution in [0.1, 0.15) is 16.7 Å². The highest BCUT2D eigenvalue weighted by molar-refractivity contribution is 5.81. The van der Waals surface area contributed by atoms with Crippen LogP contribution in [0.4, 0.5) is 13.2 Å². The third kappa shape index (κ3) is 6.38. The van der Waals surface area contributed by atoms with E-state index in [2.05, 4.69) is 4.74 Å². The molecule has 0 saturated carbocycles. The van der Waals surface area contributed by atoms with E-state index in [9.17, 15) is 18.0 Å². The van der Waals surface area contributed by atoms with E-state index in [-0.39, 0.29) is 12.2 Å². The van der Waals surface area contributed by atoms with Crippen molar-refractivity contribution in [3.8, 4) is 22.9 Å². The molecule has 0 fully saturated rings. The van der Waals surface area contributed by atoms with Crippen LogP contribution in [0.2, 0.25) is 0 Å². The van der Waals surface area contributed by atoms with E-state index < -0.39 is 12.3 Å². The standard InChI is InChI=1S/C30H23F3N2O4/c31-30(32,33)39-24-15-13-22(14-16-24)29-34-25-6-2-3-7-26(25)35(29)18-23-5-1-4-8-27(23)38-19-21-11-9-20(10-12-21)17-28(36)37/h1-16H,17-19H2,(H,36,37). The van der Waals surface area contributed by atoms with Crippen LogP contribution in [0, 0.1) is 0 Å². The molecule has 0 aliphatic rings. The van der Waals surface area contributed by atoms with Crippen LogP contribution in [0.3, 0.4) is 0 Å². The Labute approximate surface area is 221 Å². The largest absolute Gasteiger partial charge is 0.573 e. The van der Waals surface area contributed by atoms with E-state index in [1.54, 1.807) is 24.3 Å². The molecule has 4 aromatic carbocycles. The first-order valence-corrected chi connectivity index (χ1v) is 12.1. The Bertz CT molecular complexity index is 1590. The highest BCUT2D eigenvalue weighted by Gasteiger charge is 2.31. The summed E-state index contributed by atoms with van der Waals surface area (Å²) in [6.07, 6.45) is -4.80. The lowest BCUT2D eigenvalue weighted by Crippen LogP contribution is -2.17. The second-order valence-electron chi connectivity index (χ2n) is 8.87. The van der Waals surface area contributed by atoms with Gasteiger partial charge in [-0.3, -0.25) is 4.79 Å². The van der Waals surface area contributed by atoms with E-state index in [0.29, 0.717) is 35.9 Å². The van der Waals surface area contributed by atoms with Crippen molar-refractivity contribution in [1.29, 1.82) is 0 Å². The summed E-state index contributed by atoms with van der Waals surface area (Å²) < 4.78 is 50.0. The fourth-order valence-corrected chi connectivity index (χ4v) is 4.30. The van der Waals surface area contributed by atoms with Crippen LogP contribution in [0.25, 0.3) is 22.4 Å². The van der Waals surface area contributed by atoms with E-state index >= 15 is 0 Å². The van der Waals surface area contributed by atoms with Crippen molar-refractivity contribution < 1.29 is 32.5 Å². The number of halogens is 3. The maximum absolute atomic E-state index is 12.6. The highest BCUT2D eigenvalue weighted by Crippen LogP contribution is 2.31. The molecule has 0 aliphatic heterocycles. The molecule has 0 atom stereocenters. The first-order valence-electron chi connectivity index (χ1n) is 12.1. The third-order valence-electron chi connectivity index (χ3n) is 6.07.